The Balaban J connectivity index is 2.60. The molecule has 0 aliphatic rings. The van der Waals surface area contributed by atoms with Crippen molar-refractivity contribution in [2.75, 3.05) is 6.61 Å². The van der Waals surface area contributed by atoms with Crippen LogP contribution in [0.3, 0.4) is 0 Å². The van der Waals surface area contributed by atoms with E-state index in [9.17, 15) is 19.5 Å². The molecule has 8 nitrogen and oxygen atoms in total. The van der Waals surface area contributed by atoms with Crippen molar-refractivity contribution >= 4 is 18.0 Å². The summed E-state index contributed by atoms with van der Waals surface area (Å²) in [7, 11) is 0. The third-order valence-corrected chi connectivity index (χ3v) is 3.07. The third kappa shape index (κ3) is 7.98. The molecule has 1 rings (SSSR count). The molecule has 0 saturated carbocycles. The summed E-state index contributed by atoms with van der Waals surface area (Å²) in [5.41, 5.74) is -0.0682. The number of hydrogen-bond acceptors (Lipinski definition) is 6. The van der Waals surface area contributed by atoms with Crippen molar-refractivity contribution in [1.29, 1.82) is 0 Å². The quantitative estimate of drug-likeness (QED) is 0.622. The van der Waals surface area contributed by atoms with E-state index in [4.69, 9.17) is 10.9 Å². The summed E-state index contributed by atoms with van der Waals surface area (Å²) in [4.78, 5) is 36.1. The molecule has 0 bridgehead atoms. The number of hydrogen-bond donors (Lipinski definition) is 3. The van der Waals surface area contributed by atoms with Crippen LogP contribution in [0, 0.1) is 0 Å². The van der Waals surface area contributed by atoms with Crippen molar-refractivity contribution in [3.8, 4) is 0 Å². The number of ether oxygens (including phenoxy) is 2. The van der Waals surface area contributed by atoms with Gasteiger partial charge in [0, 0.05) is 0 Å². The van der Waals surface area contributed by atoms with Crippen LogP contribution < -0.4 is 10.6 Å². The average molecular weight is 367 g/mol. The maximum Gasteiger partial charge on any atom is 0.408 e. The number of carbonyl (C=O) groups excluding carboxylic acids is 3. The maximum absolute atomic E-state index is 12.2. The number of amides is 2. The minimum Gasteiger partial charge on any atom is -0.459 e. The number of aliphatic hydroxyl groups is 1. The lowest BCUT2D eigenvalue weighted by Crippen LogP contribution is -2.53. The predicted octanol–water partition coefficient (Wildman–Crippen LogP) is 1.12. The van der Waals surface area contributed by atoms with Crippen molar-refractivity contribution < 1.29 is 30.4 Å². The summed E-state index contributed by atoms with van der Waals surface area (Å²) in [5, 5.41) is 11.9. The van der Waals surface area contributed by atoms with E-state index in [2.05, 4.69) is 5.32 Å². The molecule has 0 fully saturated rings. The molecule has 0 heterocycles. The van der Waals surface area contributed by atoms with Gasteiger partial charge in [-0.3, -0.25) is 4.79 Å². The first-order valence-corrected chi connectivity index (χ1v) is 8.18. The molecule has 2 atom stereocenters. The average Bonchev–Trinajstić information content (AvgIpc) is 2.59. The highest BCUT2D eigenvalue weighted by molar-refractivity contribution is 5.89. The smallest absolute Gasteiger partial charge is 0.408 e. The Morgan fingerprint density at radius 3 is 2.38 bits per heavy atom. The summed E-state index contributed by atoms with van der Waals surface area (Å²) in [6, 6.07) is 6.47. The van der Waals surface area contributed by atoms with Gasteiger partial charge in [0.1, 0.15) is 24.3 Å². The van der Waals surface area contributed by atoms with Gasteiger partial charge in [-0.2, -0.15) is 0 Å². The Bertz CT molecular complexity index is 647. The fourth-order valence-electron chi connectivity index (χ4n) is 1.82. The lowest BCUT2D eigenvalue weighted by Gasteiger charge is -2.23. The van der Waals surface area contributed by atoms with Crippen molar-refractivity contribution in [2.45, 2.75) is 52.0 Å². The van der Waals surface area contributed by atoms with E-state index in [0.717, 1.165) is 5.56 Å². The van der Waals surface area contributed by atoms with Gasteiger partial charge < -0.3 is 25.2 Å². The van der Waals surface area contributed by atoms with Gasteiger partial charge in [-0.1, -0.05) is 30.3 Å². The first kappa shape index (κ1) is 19.7. The van der Waals surface area contributed by atoms with Gasteiger partial charge >= 0.3 is 12.1 Å². The first-order chi connectivity index (χ1) is 12.5. The van der Waals surface area contributed by atoms with Crippen molar-refractivity contribution in [3.63, 3.8) is 0 Å². The highest BCUT2D eigenvalue weighted by Crippen LogP contribution is 2.07. The minimum atomic E-state index is -1.52. The zero-order valence-electron chi connectivity index (χ0n) is 16.4. The topological polar surface area (TPSA) is 114 Å². The van der Waals surface area contributed by atoms with Crippen LogP contribution in [-0.4, -0.2) is 47.4 Å². The van der Waals surface area contributed by atoms with Crippen LogP contribution in [0.2, 0.25) is 1.41 Å². The molecule has 8 heteroatoms. The maximum atomic E-state index is 12.2. The Kier molecular flexibility index (Phi) is 7.40. The van der Waals surface area contributed by atoms with Crippen molar-refractivity contribution in [2.24, 2.45) is 0 Å². The summed E-state index contributed by atoms with van der Waals surface area (Å²) >= 11 is 0. The van der Waals surface area contributed by atoms with Crippen LogP contribution in [-0.2, 0) is 25.7 Å². The molecule has 1 aromatic rings. The van der Waals surface area contributed by atoms with E-state index in [1.54, 1.807) is 45.0 Å². The third-order valence-electron chi connectivity index (χ3n) is 3.07. The van der Waals surface area contributed by atoms with Gasteiger partial charge in [-0.15, -0.1) is 0 Å². The zero-order valence-corrected chi connectivity index (χ0v) is 15.4. The van der Waals surface area contributed by atoms with Crippen LogP contribution in [0.25, 0.3) is 0 Å². The fraction of sp³-hybridized carbons (Fsp3) is 0.500. The summed E-state index contributed by atoms with van der Waals surface area (Å²) < 4.78 is 17.8. The monoisotopic (exact) mass is 367 g/mol. The Morgan fingerprint density at radius 2 is 1.85 bits per heavy atom. The van der Waals surface area contributed by atoms with Gasteiger partial charge in [0.15, 0.2) is 1.41 Å². The predicted molar refractivity (Wildman–Crippen MR) is 94.1 cm³/mol. The lowest BCUT2D eigenvalue weighted by atomic mass is 10.2. The highest BCUT2D eigenvalue weighted by Gasteiger charge is 2.26. The molecule has 2 amide bonds. The second-order valence-corrected chi connectivity index (χ2v) is 6.63. The molecular formula is C18H26N2O6. The Morgan fingerprint density at radius 1 is 1.23 bits per heavy atom. The minimum absolute atomic E-state index is 0.0474. The molecule has 26 heavy (non-hydrogen) atoms. The molecule has 3 N–H and O–H groups in total. The number of alkyl carbamates (subject to hydrolysis) is 1. The molecular weight excluding hydrogens is 340 g/mol. The van der Waals surface area contributed by atoms with Crippen LogP contribution in [0.15, 0.2) is 30.3 Å². The van der Waals surface area contributed by atoms with Crippen LogP contribution >= 0.6 is 0 Å². The molecule has 1 aromatic carbocycles. The highest BCUT2D eigenvalue weighted by atomic mass is 16.6. The number of esters is 1. The summed E-state index contributed by atoms with van der Waals surface area (Å²) in [6.07, 6.45) is -1.09. The summed E-state index contributed by atoms with van der Waals surface area (Å²) in [6.45, 7) is 5.47. The molecule has 0 aromatic heterocycles. The molecule has 0 unspecified atom stereocenters. The molecule has 144 valence electrons. The van der Waals surface area contributed by atoms with Crippen molar-refractivity contribution in [3.05, 3.63) is 35.9 Å². The van der Waals surface area contributed by atoms with Crippen LogP contribution in [0.1, 0.15) is 33.3 Å². The van der Waals surface area contributed by atoms with Gasteiger partial charge in [0.05, 0.1) is 6.61 Å². The zero-order chi connectivity index (χ0) is 20.6. The Labute approximate surface area is 154 Å². The fourth-order valence-corrected chi connectivity index (χ4v) is 1.82. The molecule has 0 radical (unpaired) electrons. The summed E-state index contributed by atoms with van der Waals surface area (Å²) in [5.74, 6) is -1.56. The van der Waals surface area contributed by atoms with E-state index in [0.29, 0.717) is 0 Å². The second kappa shape index (κ2) is 9.76. The number of benzene rings is 1. The molecule has 0 aliphatic carbocycles. The number of carbonyl (C=O) groups is 3. The van der Waals surface area contributed by atoms with Gasteiger partial charge in [-0.05, 0) is 33.3 Å². The van der Waals surface area contributed by atoms with E-state index in [1.165, 1.54) is 6.92 Å². The number of nitrogens with one attached hydrogen (secondary N) is 2. The van der Waals surface area contributed by atoms with E-state index in [1.807, 2.05) is 6.07 Å². The largest absolute Gasteiger partial charge is 0.459 e. The van der Waals surface area contributed by atoms with Crippen LogP contribution in [0.4, 0.5) is 4.79 Å². The lowest BCUT2D eigenvalue weighted by molar-refractivity contribution is -0.148. The van der Waals surface area contributed by atoms with Crippen molar-refractivity contribution in [1.82, 2.24) is 10.6 Å². The Hall–Kier alpha value is -2.61. The normalized spacial score (nSPS) is 13.8. The van der Waals surface area contributed by atoms with Gasteiger partial charge in [0.25, 0.3) is 0 Å². The van der Waals surface area contributed by atoms with E-state index < -0.39 is 42.3 Å². The standard InChI is InChI=1S/C18H26N2O6/c1-12(16(23)25-11-13-8-6-5-7-9-13)19-15(22)14(10-21)20-17(24)26-18(2,3)4/h5-9,12,14,21H,10-11H2,1-4H3,(H,19,22)(H,20,24)/t12-,14+/m0/s1/i/hD. The second-order valence-electron chi connectivity index (χ2n) is 6.63. The molecule has 0 aliphatic heterocycles. The SMILES string of the molecule is [2H]N(C(=O)OC(C)(C)C)[C@H](CO)C(=O)N[C@@H](C)C(=O)OCc1ccccc1. The molecule has 0 spiro atoms. The van der Waals surface area contributed by atoms with E-state index in [-0.39, 0.29) is 11.9 Å². The van der Waals surface area contributed by atoms with Crippen LogP contribution in [0.5, 0.6) is 0 Å². The van der Waals surface area contributed by atoms with Gasteiger partial charge in [0.2, 0.25) is 5.91 Å². The molecule has 0 saturated heterocycles. The van der Waals surface area contributed by atoms with Gasteiger partial charge in [-0.25, -0.2) is 9.59 Å². The number of rotatable bonds is 7. The van der Waals surface area contributed by atoms with E-state index >= 15 is 0 Å². The number of aliphatic hydroxyl groups excluding tert-OH is 1. The first-order valence-electron chi connectivity index (χ1n) is 8.62.